The van der Waals surface area contributed by atoms with Gasteiger partial charge in [0.05, 0.1) is 11.6 Å². The lowest BCUT2D eigenvalue weighted by molar-refractivity contribution is 0.0422. The number of rotatable bonds is 3. The van der Waals surface area contributed by atoms with Gasteiger partial charge in [-0.15, -0.1) is 0 Å². The fourth-order valence-corrected chi connectivity index (χ4v) is 3.41. The van der Waals surface area contributed by atoms with Crippen LogP contribution in [0.3, 0.4) is 0 Å². The number of carbonyl (C=O) groups excluding carboxylic acids is 2. The predicted octanol–water partition coefficient (Wildman–Crippen LogP) is 2.27. The number of esters is 1. The third-order valence-corrected chi connectivity index (χ3v) is 4.65. The van der Waals surface area contributed by atoms with E-state index < -0.39 is 6.03 Å². The molecule has 5 nitrogen and oxygen atoms in total. The predicted molar refractivity (Wildman–Crippen MR) is 82.7 cm³/mol. The van der Waals surface area contributed by atoms with E-state index in [0.717, 1.165) is 25.7 Å². The number of hydrogen-bond acceptors (Lipinski definition) is 3. The summed E-state index contributed by atoms with van der Waals surface area (Å²) in [4.78, 5) is 25.1. The van der Waals surface area contributed by atoms with Crippen molar-refractivity contribution in [3.8, 4) is 0 Å². The molecule has 1 atom stereocenters. The fraction of sp³-hybridized carbons (Fsp3) is 0.529. The molecule has 1 aromatic rings. The Morgan fingerprint density at radius 2 is 1.95 bits per heavy atom. The van der Waals surface area contributed by atoms with E-state index in [0.29, 0.717) is 12.1 Å². The van der Waals surface area contributed by atoms with Crippen LogP contribution < -0.4 is 5.73 Å². The Hall–Kier alpha value is -2.04. The number of carbonyl (C=O) groups is 2. The Morgan fingerprint density at radius 1 is 1.18 bits per heavy atom. The SMILES string of the molecule is NC(=O)N1CCC[C@H]1COC(=O)c1ccc2c(c1)CCCC2. The molecule has 3 rings (SSSR count). The normalized spacial score (nSPS) is 20.5. The quantitative estimate of drug-likeness (QED) is 0.870. The molecule has 2 aliphatic rings. The number of amides is 2. The molecule has 1 fully saturated rings. The first kappa shape index (κ1) is 14.9. The van der Waals surface area contributed by atoms with Crippen LogP contribution in [0.4, 0.5) is 4.79 Å². The number of primary amides is 1. The van der Waals surface area contributed by atoms with Crippen molar-refractivity contribution in [1.29, 1.82) is 0 Å². The van der Waals surface area contributed by atoms with Gasteiger partial charge < -0.3 is 15.4 Å². The molecule has 0 saturated carbocycles. The van der Waals surface area contributed by atoms with Gasteiger partial charge in [-0.05, 0) is 61.8 Å². The molecule has 2 amide bonds. The Morgan fingerprint density at radius 3 is 2.73 bits per heavy atom. The zero-order valence-electron chi connectivity index (χ0n) is 12.7. The second kappa shape index (κ2) is 6.38. The summed E-state index contributed by atoms with van der Waals surface area (Å²) >= 11 is 0. The number of fused-ring (bicyclic) bond motifs is 1. The molecule has 0 aromatic heterocycles. The number of urea groups is 1. The van der Waals surface area contributed by atoms with Crippen LogP contribution in [0.1, 0.15) is 47.2 Å². The van der Waals surface area contributed by atoms with Crippen molar-refractivity contribution < 1.29 is 14.3 Å². The van der Waals surface area contributed by atoms with Crippen LogP contribution in [0, 0.1) is 0 Å². The van der Waals surface area contributed by atoms with Gasteiger partial charge in [0.2, 0.25) is 0 Å². The Labute approximate surface area is 130 Å². The average molecular weight is 302 g/mol. The average Bonchev–Trinajstić information content (AvgIpc) is 3.01. The second-order valence-electron chi connectivity index (χ2n) is 6.12. The fourth-order valence-electron chi connectivity index (χ4n) is 3.41. The van der Waals surface area contributed by atoms with E-state index in [1.54, 1.807) is 4.90 Å². The van der Waals surface area contributed by atoms with Crippen LogP contribution in [0.5, 0.6) is 0 Å². The molecule has 1 saturated heterocycles. The molecule has 1 aromatic carbocycles. The van der Waals surface area contributed by atoms with Gasteiger partial charge in [0.25, 0.3) is 0 Å². The number of ether oxygens (including phenoxy) is 1. The van der Waals surface area contributed by atoms with Gasteiger partial charge >= 0.3 is 12.0 Å². The van der Waals surface area contributed by atoms with Gasteiger partial charge in [0.15, 0.2) is 0 Å². The summed E-state index contributed by atoms with van der Waals surface area (Å²) in [6.07, 6.45) is 6.28. The summed E-state index contributed by atoms with van der Waals surface area (Å²) in [6.45, 7) is 0.870. The molecule has 5 heteroatoms. The minimum atomic E-state index is -0.438. The maximum atomic E-state index is 12.2. The van der Waals surface area contributed by atoms with E-state index in [9.17, 15) is 9.59 Å². The highest BCUT2D eigenvalue weighted by Gasteiger charge is 2.28. The number of nitrogens with two attached hydrogens (primary N) is 1. The molecule has 118 valence electrons. The number of likely N-dealkylation sites (tertiary alicyclic amines) is 1. The van der Waals surface area contributed by atoms with Crippen LogP contribution in [0.25, 0.3) is 0 Å². The minimum Gasteiger partial charge on any atom is -0.460 e. The molecule has 2 N–H and O–H groups in total. The van der Waals surface area contributed by atoms with Crippen molar-refractivity contribution in [3.63, 3.8) is 0 Å². The zero-order valence-corrected chi connectivity index (χ0v) is 12.7. The standard InChI is InChI=1S/C17H22N2O3/c18-17(21)19-9-3-6-15(19)11-22-16(20)14-8-7-12-4-1-2-5-13(12)10-14/h7-8,10,15H,1-6,9,11H2,(H2,18,21)/t15-/m0/s1. The van der Waals surface area contributed by atoms with Crippen LogP contribution in [0.2, 0.25) is 0 Å². The molecular weight excluding hydrogens is 280 g/mol. The topological polar surface area (TPSA) is 72.6 Å². The van der Waals surface area contributed by atoms with Crippen LogP contribution in [-0.4, -0.2) is 36.1 Å². The van der Waals surface area contributed by atoms with Gasteiger partial charge in [-0.1, -0.05) is 6.07 Å². The van der Waals surface area contributed by atoms with Crippen molar-refractivity contribution in [2.45, 2.75) is 44.6 Å². The molecule has 1 aliphatic carbocycles. The third kappa shape index (κ3) is 3.08. The van der Waals surface area contributed by atoms with E-state index in [1.807, 2.05) is 18.2 Å². The molecule has 0 bridgehead atoms. The van der Waals surface area contributed by atoms with Crippen LogP contribution >= 0.6 is 0 Å². The summed E-state index contributed by atoms with van der Waals surface area (Å²) < 4.78 is 5.40. The van der Waals surface area contributed by atoms with E-state index >= 15 is 0 Å². The van der Waals surface area contributed by atoms with Crippen molar-refractivity contribution in [3.05, 3.63) is 34.9 Å². The number of benzene rings is 1. The van der Waals surface area contributed by atoms with Crippen molar-refractivity contribution >= 4 is 12.0 Å². The molecular formula is C17H22N2O3. The first-order valence-electron chi connectivity index (χ1n) is 8.00. The zero-order chi connectivity index (χ0) is 15.5. The van der Waals surface area contributed by atoms with Crippen molar-refractivity contribution in [1.82, 2.24) is 4.90 Å². The van der Waals surface area contributed by atoms with E-state index in [4.69, 9.17) is 10.5 Å². The Bertz CT molecular complexity index is 585. The van der Waals surface area contributed by atoms with E-state index in [-0.39, 0.29) is 18.6 Å². The van der Waals surface area contributed by atoms with Crippen LogP contribution in [0.15, 0.2) is 18.2 Å². The summed E-state index contributed by atoms with van der Waals surface area (Å²) in [5, 5.41) is 0. The third-order valence-electron chi connectivity index (χ3n) is 4.65. The highest BCUT2D eigenvalue weighted by molar-refractivity contribution is 5.89. The maximum Gasteiger partial charge on any atom is 0.338 e. The van der Waals surface area contributed by atoms with Gasteiger partial charge in [0, 0.05) is 6.54 Å². The van der Waals surface area contributed by atoms with Gasteiger partial charge in [-0.2, -0.15) is 0 Å². The maximum absolute atomic E-state index is 12.2. The highest BCUT2D eigenvalue weighted by atomic mass is 16.5. The van der Waals surface area contributed by atoms with Gasteiger partial charge in [-0.3, -0.25) is 0 Å². The Balaban J connectivity index is 1.61. The highest BCUT2D eigenvalue weighted by Crippen LogP contribution is 2.23. The first-order valence-corrected chi connectivity index (χ1v) is 8.00. The minimum absolute atomic E-state index is 0.0842. The van der Waals surface area contributed by atoms with Gasteiger partial charge in [-0.25, -0.2) is 9.59 Å². The molecule has 1 aliphatic heterocycles. The summed E-state index contributed by atoms with van der Waals surface area (Å²) in [6, 6.07) is 5.31. The second-order valence-corrected chi connectivity index (χ2v) is 6.12. The molecule has 1 heterocycles. The van der Waals surface area contributed by atoms with Crippen molar-refractivity contribution in [2.24, 2.45) is 5.73 Å². The lowest BCUT2D eigenvalue weighted by Gasteiger charge is -2.22. The Kier molecular flexibility index (Phi) is 4.32. The van der Waals surface area contributed by atoms with Crippen molar-refractivity contribution in [2.75, 3.05) is 13.2 Å². The summed E-state index contributed by atoms with van der Waals surface area (Å²) in [5.41, 5.74) is 8.54. The van der Waals surface area contributed by atoms with E-state index in [2.05, 4.69) is 0 Å². The number of aryl methyl sites for hydroxylation is 2. The summed E-state index contributed by atoms with van der Waals surface area (Å²) in [7, 11) is 0. The van der Waals surface area contributed by atoms with Crippen LogP contribution in [-0.2, 0) is 17.6 Å². The lowest BCUT2D eigenvalue weighted by atomic mass is 9.90. The van der Waals surface area contributed by atoms with Gasteiger partial charge in [0.1, 0.15) is 6.61 Å². The lowest BCUT2D eigenvalue weighted by Crippen LogP contribution is -2.41. The first-order chi connectivity index (χ1) is 10.6. The molecule has 22 heavy (non-hydrogen) atoms. The molecule has 0 radical (unpaired) electrons. The van der Waals surface area contributed by atoms with E-state index in [1.165, 1.54) is 24.0 Å². The molecule has 0 spiro atoms. The summed E-state index contributed by atoms with van der Waals surface area (Å²) in [5.74, 6) is -0.315. The number of nitrogens with zero attached hydrogens (tertiary/aromatic N) is 1. The number of hydrogen-bond donors (Lipinski definition) is 1. The molecule has 0 unspecified atom stereocenters. The smallest absolute Gasteiger partial charge is 0.338 e. The largest absolute Gasteiger partial charge is 0.460 e. The monoisotopic (exact) mass is 302 g/mol.